The Balaban J connectivity index is 2.45. The topological polar surface area (TPSA) is 89.4 Å². The fraction of sp³-hybridized carbons (Fsp3) is 0. The highest BCUT2D eigenvalue weighted by Gasteiger charge is 2.10. The van der Waals surface area contributed by atoms with Gasteiger partial charge < -0.3 is 15.3 Å². The lowest BCUT2D eigenvalue weighted by Crippen LogP contribution is -1.99. The van der Waals surface area contributed by atoms with Crippen molar-refractivity contribution in [3.63, 3.8) is 0 Å². The van der Waals surface area contributed by atoms with Crippen molar-refractivity contribution in [2.45, 2.75) is 0 Å². The highest BCUT2D eigenvalue weighted by atomic mass is 16.3. The summed E-state index contributed by atoms with van der Waals surface area (Å²) < 4.78 is 5.48. The predicted octanol–water partition coefficient (Wildman–Crippen LogP) is 1.58. The molecule has 3 rings (SSSR count). The Labute approximate surface area is 95.5 Å². The number of nitrogens with two attached hydrogens (primary N) is 1. The van der Waals surface area contributed by atoms with Gasteiger partial charge in [-0.25, -0.2) is 4.98 Å². The minimum Gasteiger partial charge on any atom is -0.506 e. The van der Waals surface area contributed by atoms with Crippen LogP contribution in [0, 0.1) is 0 Å². The van der Waals surface area contributed by atoms with Gasteiger partial charge in [0.2, 0.25) is 0 Å². The maximum atomic E-state index is 11.2. The van der Waals surface area contributed by atoms with Crippen LogP contribution in [0.4, 0.5) is 5.69 Å². The predicted molar refractivity (Wildman–Crippen MR) is 63.0 cm³/mol. The van der Waals surface area contributed by atoms with Crippen LogP contribution in [-0.2, 0) is 0 Å². The van der Waals surface area contributed by atoms with Gasteiger partial charge in [0.05, 0.1) is 5.69 Å². The zero-order chi connectivity index (χ0) is 12.0. The molecular formula is C12H8N2O3. The highest BCUT2D eigenvalue weighted by molar-refractivity contribution is 5.82. The molecule has 0 saturated heterocycles. The largest absolute Gasteiger partial charge is 0.506 e. The molecule has 5 heteroatoms. The number of fused-ring (bicyclic) bond motifs is 2. The van der Waals surface area contributed by atoms with Gasteiger partial charge in [0.1, 0.15) is 17.0 Å². The molecule has 3 N–H and O–H groups in total. The van der Waals surface area contributed by atoms with Crippen LogP contribution in [0.5, 0.6) is 5.75 Å². The van der Waals surface area contributed by atoms with Gasteiger partial charge in [0.15, 0.2) is 16.8 Å². The van der Waals surface area contributed by atoms with Gasteiger partial charge >= 0.3 is 0 Å². The minimum atomic E-state index is -0.151. The summed E-state index contributed by atoms with van der Waals surface area (Å²) in [6.45, 7) is 0. The van der Waals surface area contributed by atoms with E-state index in [-0.39, 0.29) is 16.9 Å². The zero-order valence-corrected chi connectivity index (χ0v) is 8.68. The van der Waals surface area contributed by atoms with Gasteiger partial charge in [-0.3, -0.25) is 4.79 Å². The Morgan fingerprint density at radius 2 is 2.06 bits per heavy atom. The molecular weight excluding hydrogens is 220 g/mol. The molecule has 0 unspecified atom stereocenters. The van der Waals surface area contributed by atoms with Gasteiger partial charge in [-0.05, 0) is 18.2 Å². The van der Waals surface area contributed by atoms with E-state index >= 15 is 0 Å². The van der Waals surface area contributed by atoms with Crippen molar-refractivity contribution in [3.8, 4) is 17.2 Å². The molecule has 84 valence electrons. The Morgan fingerprint density at radius 3 is 2.88 bits per heavy atom. The molecule has 1 heterocycles. The summed E-state index contributed by atoms with van der Waals surface area (Å²) in [6, 6.07) is 7.27. The fourth-order valence-corrected chi connectivity index (χ4v) is 1.66. The Morgan fingerprint density at radius 1 is 1.24 bits per heavy atom. The van der Waals surface area contributed by atoms with Crippen molar-refractivity contribution in [2.24, 2.45) is 0 Å². The number of anilines is 1. The van der Waals surface area contributed by atoms with Crippen LogP contribution < -0.4 is 11.2 Å². The lowest BCUT2D eigenvalue weighted by Gasteiger charge is -2.06. The number of rotatable bonds is 0. The van der Waals surface area contributed by atoms with Gasteiger partial charge in [0, 0.05) is 12.1 Å². The maximum Gasteiger partial charge on any atom is 0.182 e. The first-order valence-electron chi connectivity index (χ1n) is 4.96. The average Bonchev–Trinajstić information content (AvgIpc) is 2.28. The van der Waals surface area contributed by atoms with Gasteiger partial charge in [-0.2, -0.15) is 0 Å². The van der Waals surface area contributed by atoms with Crippen molar-refractivity contribution in [1.82, 2.24) is 4.98 Å². The van der Waals surface area contributed by atoms with Crippen LogP contribution in [0.15, 0.2) is 39.5 Å². The van der Waals surface area contributed by atoms with Crippen LogP contribution in [0.3, 0.4) is 0 Å². The summed E-state index contributed by atoms with van der Waals surface area (Å²) in [5.74, 6) is 0.315. The van der Waals surface area contributed by atoms with E-state index < -0.39 is 0 Å². The van der Waals surface area contributed by atoms with Gasteiger partial charge in [-0.1, -0.05) is 0 Å². The molecule has 1 aliphatic carbocycles. The van der Waals surface area contributed by atoms with Crippen LogP contribution >= 0.6 is 0 Å². The van der Waals surface area contributed by atoms with Gasteiger partial charge in [0.25, 0.3) is 0 Å². The van der Waals surface area contributed by atoms with E-state index in [1.807, 2.05) is 0 Å². The number of nitrogens with zero attached hydrogens (tertiary/aromatic N) is 1. The van der Waals surface area contributed by atoms with E-state index in [2.05, 4.69) is 4.98 Å². The van der Waals surface area contributed by atoms with Crippen molar-refractivity contribution >= 4 is 16.8 Å². The summed E-state index contributed by atoms with van der Waals surface area (Å²) >= 11 is 0. The summed E-state index contributed by atoms with van der Waals surface area (Å²) in [6.07, 6.45) is 0. The zero-order valence-electron chi connectivity index (χ0n) is 8.68. The second-order valence-electron chi connectivity index (χ2n) is 3.72. The number of aromatic nitrogens is 1. The first-order valence-corrected chi connectivity index (χ1v) is 4.96. The van der Waals surface area contributed by atoms with E-state index in [1.165, 1.54) is 24.3 Å². The molecule has 0 atom stereocenters. The third-order valence-corrected chi connectivity index (χ3v) is 2.50. The molecule has 2 aliphatic rings. The second-order valence-corrected chi connectivity index (χ2v) is 3.72. The van der Waals surface area contributed by atoms with Gasteiger partial charge in [-0.15, -0.1) is 0 Å². The Hall–Kier alpha value is -2.56. The van der Waals surface area contributed by atoms with E-state index in [9.17, 15) is 9.90 Å². The molecule has 0 fully saturated rings. The maximum absolute atomic E-state index is 11.2. The summed E-state index contributed by atoms with van der Waals surface area (Å²) in [7, 11) is 0. The number of hydrogen-bond acceptors (Lipinski definition) is 5. The highest BCUT2D eigenvalue weighted by Crippen LogP contribution is 2.29. The normalized spacial score (nSPS) is 11.1. The lowest BCUT2D eigenvalue weighted by atomic mass is 10.2. The van der Waals surface area contributed by atoms with Crippen LogP contribution in [0.2, 0.25) is 0 Å². The molecule has 1 aromatic rings. The molecule has 0 bridgehead atoms. The Bertz CT molecular complexity index is 749. The standard InChI is InChI=1S/C12H8N2O3/c13-7-4-9-12(5-10(7)16)17-11-3-6(15)1-2-8(11)14-9/h1-5,16H,13H2. The molecule has 17 heavy (non-hydrogen) atoms. The summed E-state index contributed by atoms with van der Waals surface area (Å²) in [5, 5.41) is 9.47. The molecule has 5 nitrogen and oxygen atoms in total. The number of benzene rings is 2. The smallest absolute Gasteiger partial charge is 0.182 e. The SMILES string of the molecule is Nc1cc2nc3ccc(=O)cc-3oc2cc1O. The number of aromatic hydroxyl groups is 1. The quantitative estimate of drug-likeness (QED) is 0.346. The van der Waals surface area contributed by atoms with Crippen molar-refractivity contribution in [1.29, 1.82) is 0 Å². The monoisotopic (exact) mass is 228 g/mol. The van der Waals surface area contributed by atoms with Crippen LogP contribution in [0.25, 0.3) is 22.6 Å². The van der Waals surface area contributed by atoms with Crippen LogP contribution in [-0.4, -0.2) is 10.1 Å². The molecule has 1 aromatic carbocycles. The summed E-state index contributed by atoms with van der Waals surface area (Å²) in [4.78, 5) is 15.5. The Kier molecular flexibility index (Phi) is 1.82. The summed E-state index contributed by atoms with van der Waals surface area (Å²) in [5.41, 5.74) is 7.15. The first-order chi connectivity index (χ1) is 8.13. The molecule has 0 aromatic heterocycles. The molecule has 1 aliphatic heterocycles. The third kappa shape index (κ3) is 1.48. The number of hydrogen-bond donors (Lipinski definition) is 2. The number of nitrogen functional groups attached to an aromatic ring is 1. The average molecular weight is 228 g/mol. The number of phenols is 1. The van der Waals surface area contributed by atoms with E-state index in [4.69, 9.17) is 10.2 Å². The number of phenolic OH excluding ortho intramolecular Hbond substituents is 1. The minimum absolute atomic E-state index is 0.0688. The first kappa shape index (κ1) is 9.65. The molecule has 0 amide bonds. The second kappa shape index (κ2) is 3.21. The molecule has 0 radical (unpaired) electrons. The molecule has 0 saturated carbocycles. The van der Waals surface area contributed by atoms with Crippen molar-refractivity contribution < 1.29 is 9.52 Å². The van der Waals surface area contributed by atoms with E-state index in [0.29, 0.717) is 22.6 Å². The fourth-order valence-electron chi connectivity index (χ4n) is 1.66. The van der Waals surface area contributed by atoms with E-state index in [1.54, 1.807) is 6.07 Å². The molecule has 0 spiro atoms. The lowest BCUT2D eigenvalue weighted by molar-refractivity contribution is 0.476. The van der Waals surface area contributed by atoms with Crippen LogP contribution in [0.1, 0.15) is 0 Å². The third-order valence-electron chi connectivity index (χ3n) is 2.50. The van der Waals surface area contributed by atoms with Crippen molar-refractivity contribution in [3.05, 3.63) is 40.6 Å². The van der Waals surface area contributed by atoms with Crippen molar-refractivity contribution in [2.75, 3.05) is 5.73 Å². The van der Waals surface area contributed by atoms with E-state index in [0.717, 1.165) is 0 Å².